The highest BCUT2D eigenvalue weighted by molar-refractivity contribution is 7.92. The standard InChI is InChI=1S/C19H22N2O5S/c1-13(19(23)20-16-8-5-7-15(11-16)14(2)22)21(27(4,24)25)17-9-6-10-18(12-17)26-3/h5-13H,1-4H3,(H,20,23). The van der Waals surface area contributed by atoms with Gasteiger partial charge in [-0.05, 0) is 38.1 Å². The molecule has 144 valence electrons. The molecule has 1 atom stereocenters. The van der Waals surface area contributed by atoms with E-state index in [1.807, 2.05) is 0 Å². The molecule has 0 radical (unpaired) electrons. The van der Waals surface area contributed by atoms with Crippen LogP contribution in [0.25, 0.3) is 0 Å². The number of methoxy groups -OCH3 is 1. The van der Waals surface area contributed by atoms with E-state index in [9.17, 15) is 18.0 Å². The zero-order valence-corrected chi connectivity index (χ0v) is 16.4. The molecule has 1 unspecified atom stereocenters. The van der Waals surface area contributed by atoms with Gasteiger partial charge in [-0.2, -0.15) is 0 Å². The Hall–Kier alpha value is -2.87. The third-order valence-electron chi connectivity index (χ3n) is 3.93. The number of carbonyl (C=O) groups excluding carboxylic acids is 2. The number of benzene rings is 2. The van der Waals surface area contributed by atoms with Gasteiger partial charge in [-0.3, -0.25) is 13.9 Å². The van der Waals surface area contributed by atoms with Crippen molar-refractivity contribution in [2.24, 2.45) is 0 Å². The summed E-state index contributed by atoms with van der Waals surface area (Å²) < 4.78 is 30.8. The van der Waals surface area contributed by atoms with Crippen molar-refractivity contribution in [3.63, 3.8) is 0 Å². The molecule has 8 heteroatoms. The summed E-state index contributed by atoms with van der Waals surface area (Å²) in [5, 5.41) is 2.66. The van der Waals surface area contributed by atoms with Crippen LogP contribution in [0.5, 0.6) is 5.75 Å². The Morgan fingerprint density at radius 1 is 1.11 bits per heavy atom. The summed E-state index contributed by atoms with van der Waals surface area (Å²) in [6.07, 6.45) is 1.03. The monoisotopic (exact) mass is 390 g/mol. The fourth-order valence-corrected chi connectivity index (χ4v) is 3.79. The molecule has 0 aliphatic rings. The maximum absolute atomic E-state index is 12.7. The molecule has 0 aromatic heterocycles. The van der Waals surface area contributed by atoms with Crippen molar-refractivity contribution in [3.8, 4) is 5.75 Å². The van der Waals surface area contributed by atoms with Gasteiger partial charge in [0.05, 0.1) is 19.1 Å². The molecule has 27 heavy (non-hydrogen) atoms. The summed E-state index contributed by atoms with van der Waals surface area (Å²) in [6.45, 7) is 2.92. The Kier molecular flexibility index (Phi) is 6.22. The second-order valence-electron chi connectivity index (χ2n) is 6.06. The summed E-state index contributed by atoms with van der Waals surface area (Å²) >= 11 is 0. The maximum Gasteiger partial charge on any atom is 0.247 e. The largest absolute Gasteiger partial charge is 0.497 e. The molecule has 1 N–H and O–H groups in total. The fourth-order valence-electron chi connectivity index (χ4n) is 2.62. The molecule has 0 aliphatic carbocycles. The number of amides is 1. The smallest absolute Gasteiger partial charge is 0.247 e. The normalized spacial score (nSPS) is 12.1. The average molecular weight is 390 g/mol. The summed E-state index contributed by atoms with van der Waals surface area (Å²) in [4.78, 5) is 24.2. The first-order chi connectivity index (χ1) is 12.6. The number of hydrogen-bond donors (Lipinski definition) is 1. The Morgan fingerprint density at radius 2 is 1.78 bits per heavy atom. The predicted octanol–water partition coefficient (Wildman–Crippen LogP) is 2.69. The summed E-state index contributed by atoms with van der Waals surface area (Å²) in [5.41, 5.74) is 1.18. The molecular weight excluding hydrogens is 368 g/mol. The van der Waals surface area contributed by atoms with E-state index >= 15 is 0 Å². The molecule has 0 spiro atoms. The fraction of sp³-hybridized carbons (Fsp3) is 0.263. The van der Waals surface area contributed by atoms with Crippen LogP contribution in [0.4, 0.5) is 11.4 Å². The number of ether oxygens (including phenoxy) is 1. The highest BCUT2D eigenvalue weighted by Gasteiger charge is 2.29. The van der Waals surface area contributed by atoms with E-state index in [2.05, 4.69) is 5.32 Å². The van der Waals surface area contributed by atoms with Crippen LogP contribution in [-0.4, -0.2) is 39.5 Å². The van der Waals surface area contributed by atoms with Crippen LogP contribution in [0.3, 0.4) is 0 Å². The molecule has 2 aromatic rings. The van der Waals surface area contributed by atoms with Crippen LogP contribution < -0.4 is 14.4 Å². The van der Waals surface area contributed by atoms with Crippen molar-refractivity contribution < 1.29 is 22.7 Å². The van der Waals surface area contributed by atoms with Gasteiger partial charge in [-0.1, -0.05) is 18.2 Å². The molecule has 0 saturated heterocycles. The van der Waals surface area contributed by atoms with Gasteiger partial charge in [0.1, 0.15) is 11.8 Å². The van der Waals surface area contributed by atoms with E-state index in [4.69, 9.17) is 4.74 Å². The maximum atomic E-state index is 12.7. The summed E-state index contributed by atoms with van der Waals surface area (Å²) in [6, 6.07) is 11.9. The lowest BCUT2D eigenvalue weighted by molar-refractivity contribution is -0.116. The van der Waals surface area contributed by atoms with E-state index in [1.54, 1.807) is 48.5 Å². The Labute approximate surface area is 159 Å². The van der Waals surface area contributed by atoms with Crippen LogP contribution in [0, 0.1) is 0 Å². The van der Waals surface area contributed by atoms with Gasteiger partial charge in [-0.15, -0.1) is 0 Å². The third-order valence-corrected chi connectivity index (χ3v) is 5.17. The van der Waals surface area contributed by atoms with E-state index in [1.165, 1.54) is 21.0 Å². The molecular formula is C19H22N2O5S. The first-order valence-electron chi connectivity index (χ1n) is 8.19. The van der Waals surface area contributed by atoms with Gasteiger partial charge in [0.15, 0.2) is 5.78 Å². The van der Waals surface area contributed by atoms with Crippen LogP contribution in [0.1, 0.15) is 24.2 Å². The van der Waals surface area contributed by atoms with Crippen molar-refractivity contribution in [1.82, 2.24) is 0 Å². The van der Waals surface area contributed by atoms with Gasteiger partial charge in [0.2, 0.25) is 15.9 Å². The van der Waals surface area contributed by atoms with Crippen molar-refractivity contribution in [3.05, 3.63) is 54.1 Å². The molecule has 0 bridgehead atoms. The summed E-state index contributed by atoms with van der Waals surface area (Å²) in [5.74, 6) is -0.180. The van der Waals surface area contributed by atoms with Crippen molar-refractivity contribution in [2.75, 3.05) is 23.0 Å². The molecule has 2 rings (SSSR count). The van der Waals surface area contributed by atoms with Crippen LogP contribution >= 0.6 is 0 Å². The van der Waals surface area contributed by atoms with Gasteiger partial charge in [0, 0.05) is 17.3 Å². The second kappa shape index (κ2) is 8.22. The second-order valence-corrected chi connectivity index (χ2v) is 7.92. The predicted molar refractivity (Wildman–Crippen MR) is 105 cm³/mol. The van der Waals surface area contributed by atoms with Crippen molar-refractivity contribution in [2.45, 2.75) is 19.9 Å². The van der Waals surface area contributed by atoms with Gasteiger partial charge in [-0.25, -0.2) is 8.42 Å². The number of sulfonamides is 1. The zero-order valence-electron chi connectivity index (χ0n) is 15.6. The van der Waals surface area contributed by atoms with E-state index < -0.39 is 22.0 Å². The van der Waals surface area contributed by atoms with Crippen molar-refractivity contribution in [1.29, 1.82) is 0 Å². The highest BCUT2D eigenvalue weighted by atomic mass is 32.2. The number of nitrogens with one attached hydrogen (secondary N) is 1. The molecule has 0 fully saturated rings. The molecule has 2 aromatic carbocycles. The lowest BCUT2D eigenvalue weighted by Crippen LogP contribution is -2.45. The number of anilines is 2. The van der Waals surface area contributed by atoms with Crippen molar-refractivity contribution >= 4 is 33.1 Å². The van der Waals surface area contributed by atoms with Gasteiger partial charge in [0.25, 0.3) is 0 Å². The minimum Gasteiger partial charge on any atom is -0.497 e. The topological polar surface area (TPSA) is 92.8 Å². The number of nitrogens with zero attached hydrogens (tertiary/aromatic N) is 1. The van der Waals surface area contributed by atoms with Crippen LogP contribution in [0.15, 0.2) is 48.5 Å². The number of hydrogen-bond acceptors (Lipinski definition) is 5. The molecule has 0 heterocycles. The van der Waals surface area contributed by atoms with Crippen LogP contribution in [0.2, 0.25) is 0 Å². The summed E-state index contributed by atoms with van der Waals surface area (Å²) in [7, 11) is -2.26. The Morgan fingerprint density at radius 3 is 2.37 bits per heavy atom. The lowest BCUT2D eigenvalue weighted by atomic mass is 10.1. The number of Topliss-reactive ketones (excluding diaryl/α,β-unsaturated/α-hetero) is 1. The van der Waals surface area contributed by atoms with Gasteiger partial charge >= 0.3 is 0 Å². The Bertz CT molecular complexity index is 956. The minimum atomic E-state index is -3.74. The first kappa shape index (κ1) is 20.4. The van der Waals surface area contributed by atoms with E-state index in [0.717, 1.165) is 10.6 Å². The number of ketones is 1. The first-order valence-corrected chi connectivity index (χ1v) is 10.0. The molecule has 0 saturated carbocycles. The lowest BCUT2D eigenvalue weighted by Gasteiger charge is -2.28. The SMILES string of the molecule is COc1cccc(N(C(C)C(=O)Nc2cccc(C(C)=O)c2)S(C)(=O)=O)c1. The van der Waals surface area contributed by atoms with Gasteiger partial charge < -0.3 is 10.1 Å². The Balaban J connectivity index is 2.32. The minimum absolute atomic E-state index is 0.131. The third kappa shape index (κ3) is 5.07. The molecule has 1 amide bonds. The average Bonchev–Trinajstić information content (AvgIpc) is 2.61. The van der Waals surface area contributed by atoms with E-state index in [0.29, 0.717) is 22.7 Å². The van der Waals surface area contributed by atoms with E-state index in [-0.39, 0.29) is 5.78 Å². The van der Waals surface area contributed by atoms with Crippen LogP contribution in [-0.2, 0) is 14.8 Å². The number of carbonyl (C=O) groups is 2. The molecule has 0 aliphatic heterocycles. The molecule has 7 nitrogen and oxygen atoms in total. The number of rotatable bonds is 7. The highest BCUT2D eigenvalue weighted by Crippen LogP contribution is 2.25. The zero-order chi connectivity index (χ0) is 20.2. The quantitative estimate of drug-likeness (QED) is 0.734.